The first-order valence-electron chi connectivity index (χ1n) is 9.90. The zero-order chi connectivity index (χ0) is 22.1. The number of nitro groups is 1. The maximum atomic E-state index is 12.2. The number of amides is 2. The Morgan fingerprint density at radius 3 is 2.53 bits per heavy atom. The Morgan fingerprint density at radius 2 is 1.97 bits per heavy atom. The Labute approximate surface area is 175 Å². The van der Waals surface area contributed by atoms with Crippen molar-refractivity contribution in [3.8, 4) is 5.75 Å². The van der Waals surface area contributed by atoms with Gasteiger partial charge in [-0.2, -0.15) is 0 Å². The Balaban J connectivity index is 1.90. The van der Waals surface area contributed by atoms with E-state index in [1.807, 2.05) is 0 Å². The number of nitrogens with one attached hydrogen (secondary N) is 2. The predicted octanol–water partition coefficient (Wildman–Crippen LogP) is 3.39. The lowest BCUT2D eigenvalue weighted by molar-refractivity contribution is -0.384. The highest BCUT2D eigenvalue weighted by atomic mass is 16.6. The van der Waals surface area contributed by atoms with Crippen molar-refractivity contribution in [2.24, 2.45) is 5.92 Å². The molecule has 10 nitrogen and oxygen atoms in total. The molecule has 2 amide bonds. The van der Waals surface area contributed by atoms with Crippen LogP contribution in [0.5, 0.6) is 5.75 Å². The van der Waals surface area contributed by atoms with Crippen LogP contribution in [0.4, 0.5) is 15.3 Å². The Hall–Kier alpha value is -2.88. The second-order valence-electron chi connectivity index (χ2n) is 8.18. The van der Waals surface area contributed by atoms with Crippen LogP contribution in [0.25, 0.3) is 0 Å². The molecule has 2 atom stereocenters. The zero-order valence-electron chi connectivity index (χ0n) is 17.5. The van der Waals surface area contributed by atoms with Gasteiger partial charge in [-0.15, -0.1) is 0 Å². The maximum Gasteiger partial charge on any atom is 0.412 e. The molecule has 30 heavy (non-hydrogen) atoms. The molecular formula is C20H29N3O7. The third kappa shape index (κ3) is 8.64. The third-order valence-corrected chi connectivity index (χ3v) is 4.34. The molecule has 10 heteroatoms. The van der Waals surface area contributed by atoms with E-state index in [2.05, 4.69) is 10.6 Å². The van der Waals surface area contributed by atoms with Crippen molar-refractivity contribution < 1.29 is 28.7 Å². The van der Waals surface area contributed by atoms with E-state index < -0.39 is 22.7 Å². The van der Waals surface area contributed by atoms with Crippen molar-refractivity contribution >= 4 is 17.9 Å². The standard InChI is InChI=1S/C20H29N3O7/c1-20(2,3)30-19(25)22-15(11-14-5-4-10-28-13-14)12-21-18(24)29-17-8-6-16(7-9-17)23(26)27/h6-9,14-15H,4-5,10-13H2,1-3H3,(H,21,24)(H,22,25)/t14-,15+/m1/s1. The quantitative estimate of drug-likeness (QED) is 0.508. The molecule has 0 aliphatic carbocycles. The van der Waals surface area contributed by atoms with Crippen molar-refractivity contribution in [3.63, 3.8) is 0 Å². The van der Waals surface area contributed by atoms with E-state index in [1.54, 1.807) is 20.8 Å². The minimum atomic E-state index is -0.722. The molecule has 0 aromatic heterocycles. The molecule has 1 saturated heterocycles. The number of nitro benzene ring substituents is 1. The summed E-state index contributed by atoms with van der Waals surface area (Å²) in [6.45, 7) is 6.81. The Morgan fingerprint density at radius 1 is 1.27 bits per heavy atom. The Bertz CT molecular complexity index is 725. The molecule has 1 heterocycles. The van der Waals surface area contributed by atoms with Crippen LogP contribution in [0.3, 0.4) is 0 Å². The summed E-state index contributed by atoms with van der Waals surface area (Å²) in [6, 6.07) is 4.81. The van der Waals surface area contributed by atoms with E-state index in [-0.39, 0.29) is 29.9 Å². The number of ether oxygens (including phenoxy) is 3. The lowest BCUT2D eigenvalue weighted by Gasteiger charge is -2.28. The second kappa shape index (κ2) is 10.8. The summed E-state index contributed by atoms with van der Waals surface area (Å²) in [7, 11) is 0. The summed E-state index contributed by atoms with van der Waals surface area (Å²) in [5, 5.41) is 16.1. The summed E-state index contributed by atoms with van der Waals surface area (Å²) in [5.41, 5.74) is -0.732. The number of hydrogen-bond donors (Lipinski definition) is 2. The highest BCUT2D eigenvalue weighted by Crippen LogP contribution is 2.20. The molecule has 166 valence electrons. The monoisotopic (exact) mass is 423 g/mol. The molecule has 1 aromatic carbocycles. The average molecular weight is 423 g/mol. The first-order chi connectivity index (χ1) is 14.1. The van der Waals surface area contributed by atoms with Crippen molar-refractivity contribution in [3.05, 3.63) is 34.4 Å². The summed E-state index contributed by atoms with van der Waals surface area (Å²) in [5.74, 6) is 0.446. The lowest BCUT2D eigenvalue weighted by Crippen LogP contribution is -2.47. The molecule has 1 fully saturated rings. The number of alkyl carbamates (subject to hydrolysis) is 1. The molecule has 2 N–H and O–H groups in total. The molecule has 1 aliphatic rings. The Kier molecular flexibility index (Phi) is 8.40. The fourth-order valence-corrected chi connectivity index (χ4v) is 3.05. The summed E-state index contributed by atoms with van der Waals surface area (Å²) < 4.78 is 15.9. The molecule has 1 aliphatic heterocycles. The van der Waals surface area contributed by atoms with E-state index >= 15 is 0 Å². The SMILES string of the molecule is CC(C)(C)OC(=O)N[C@H](CNC(=O)Oc1ccc([N+](=O)[O-])cc1)C[C@H]1CCCOC1. The van der Waals surface area contributed by atoms with E-state index in [4.69, 9.17) is 14.2 Å². The van der Waals surface area contributed by atoms with Crippen LogP contribution in [0.2, 0.25) is 0 Å². The van der Waals surface area contributed by atoms with E-state index in [0.29, 0.717) is 13.0 Å². The van der Waals surface area contributed by atoms with Gasteiger partial charge in [0.2, 0.25) is 0 Å². The van der Waals surface area contributed by atoms with Crippen LogP contribution >= 0.6 is 0 Å². The van der Waals surface area contributed by atoms with E-state index in [9.17, 15) is 19.7 Å². The van der Waals surface area contributed by atoms with Gasteiger partial charge in [-0.3, -0.25) is 10.1 Å². The van der Waals surface area contributed by atoms with Gasteiger partial charge in [-0.05, 0) is 58.1 Å². The number of nitrogens with zero attached hydrogens (tertiary/aromatic N) is 1. The first-order valence-corrected chi connectivity index (χ1v) is 9.90. The highest BCUT2D eigenvalue weighted by molar-refractivity contribution is 5.71. The molecule has 0 radical (unpaired) electrons. The van der Waals surface area contributed by atoms with Crippen LogP contribution in [-0.2, 0) is 9.47 Å². The number of non-ortho nitro benzene ring substituents is 1. The van der Waals surface area contributed by atoms with Crippen LogP contribution in [0.15, 0.2) is 24.3 Å². The van der Waals surface area contributed by atoms with Gasteiger partial charge in [0.1, 0.15) is 11.4 Å². The van der Waals surface area contributed by atoms with Crippen LogP contribution < -0.4 is 15.4 Å². The predicted molar refractivity (Wildman–Crippen MR) is 108 cm³/mol. The minimum Gasteiger partial charge on any atom is -0.444 e. The van der Waals surface area contributed by atoms with E-state index in [0.717, 1.165) is 19.4 Å². The zero-order valence-corrected chi connectivity index (χ0v) is 17.5. The van der Waals surface area contributed by atoms with Crippen molar-refractivity contribution in [1.82, 2.24) is 10.6 Å². The molecule has 0 unspecified atom stereocenters. The van der Waals surface area contributed by atoms with Gasteiger partial charge in [0.15, 0.2) is 0 Å². The third-order valence-electron chi connectivity index (χ3n) is 4.34. The van der Waals surface area contributed by atoms with Gasteiger partial charge in [-0.25, -0.2) is 9.59 Å². The molecule has 2 rings (SSSR count). The van der Waals surface area contributed by atoms with Crippen molar-refractivity contribution in [2.75, 3.05) is 19.8 Å². The molecular weight excluding hydrogens is 394 g/mol. The van der Waals surface area contributed by atoms with Crippen molar-refractivity contribution in [2.45, 2.75) is 51.7 Å². The molecule has 0 bridgehead atoms. The smallest absolute Gasteiger partial charge is 0.412 e. The van der Waals surface area contributed by atoms with Gasteiger partial charge in [-0.1, -0.05) is 0 Å². The summed E-state index contributed by atoms with van der Waals surface area (Å²) >= 11 is 0. The lowest BCUT2D eigenvalue weighted by atomic mass is 9.94. The average Bonchev–Trinajstić information content (AvgIpc) is 2.66. The minimum absolute atomic E-state index is 0.0981. The molecule has 0 spiro atoms. The van der Waals surface area contributed by atoms with Crippen LogP contribution in [0.1, 0.15) is 40.0 Å². The molecule has 0 saturated carbocycles. The van der Waals surface area contributed by atoms with Gasteiger partial charge in [0, 0.05) is 37.9 Å². The maximum absolute atomic E-state index is 12.2. The summed E-state index contributed by atoms with van der Waals surface area (Å²) in [4.78, 5) is 34.4. The number of carbonyl (C=O) groups excluding carboxylic acids is 2. The van der Waals surface area contributed by atoms with Gasteiger partial charge >= 0.3 is 12.2 Å². The van der Waals surface area contributed by atoms with Crippen LogP contribution in [-0.4, -0.2) is 48.5 Å². The summed E-state index contributed by atoms with van der Waals surface area (Å²) in [6.07, 6.45) is 1.28. The van der Waals surface area contributed by atoms with Gasteiger partial charge in [0.25, 0.3) is 5.69 Å². The van der Waals surface area contributed by atoms with E-state index in [1.165, 1.54) is 24.3 Å². The van der Waals surface area contributed by atoms with Gasteiger partial charge in [0.05, 0.1) is 4.92 Å². The normalized spacial score (nSPS) is 17.5. The fraction of sp³-hybridized carbons (Fsp3) is 0.600. The topological polar surface area (TPSA) is 129 Å². The van der Waals surface area contributed by atoms with Crippen LogP contribution in [0, 0.1) is 16.0 Å². The largest absolute Gasteiger partial charge is 0.444 e. The molecule has 1 aromatic rings. The number of benzene rings is 1. The number of hydrogen-bond acceptors (Lipinski definition) is 7. The first kappa shape index (κ1) is 23.4. The van der Waals surface area contributed by atoms with Crippen molar-refractivity contribution in [1.29, 1.82) is 0 Å². The number of carbonyl (C=O) groups is 2. The number of rotatable bonds is 7. The second-order valence-corrected chi connectivity index (χ2v) is 8.18. The van der Waals surface area contributed by atoms with Gasteiger partial charge < -0.3 is 24.8 Å². The fourth-order valence-electron chi connectivity index (χ4n) is 3.05. The highest BCUT2D eigenvalue weighted by Gasteiger charge is 2.24.